The highest BCUT2D eigenvalue weighted by Crippen LogP contribution is 2.47. The van der Waals surface area contributed by atoms with Crippen LogP contribution in [0.25, 0.3) is 0 Å². The van der Waals surface area contributed by atoms with E-state index in [-0.39, 0.29) is 5.92 Å². The SMILES string of the molecule is C=CCCC1CC(C(=O)OC)(C(=O)OC)Cc2ccsc21. The van der Waals surface area contributed by atoms with Gasteiger partial charge < -0.3 is 9.47 Å². The minimum absolute atomic E-state index is 0.157. The molecule has 1 atom stereocenters. The third-order valence-corrected chi connectivity index (χ3v) is 5.23. The van der Waals surface area contributed by atoms with Crippen LogP contribution in [-0.4, -0.2) is 26.2 Å². The van der Waals surface area contributed by atoms with E-state index in [1.165, 1.54) is 19.1 Å². The first-order valence-electron chi connectivity index (χ1n) is 6.93. The molecule has 0 aliphatic heterocycles. The second-order valence-electron chi connectivity index (χ2n) is 5.32. The van der Waals surface area contributed by atoms with E-state index >= 15 is 0 Å². The molecule has 0 bridgehead atoms. The molecule has 21 heavy (non-hydrogen) atoms. The largest absolute Gasteiger partial charge is 0.468 e. The molecule has 0 spiro atoms. The van der Waals surface area contributed by atoms with Crippen molar-refractivity contribution >= 4 is 23.3 Å². The fourth-order valence-corrected chi connectivity index (χ4v) is 4.16. The standard InChI is InChI=1S/C16H20O4S/c1-4-5-6-11-9-16(14(17)19-2,15(18)20-3)10-12-7-8-21-13(11)12/h4,7-8,11H,1,5-6,9-10H2,2-3H3. The number of ether oxygens (including phenoxy) is 2. The van der Waals surface area contributed by atoms with Crippen molar-refractivity contribution in [2.24, 2.45) is 5.41 Å². The van der Waals surface area contributed by atoms with Gasteiger partial charge in [0.05, 0.1) is 14.2 Å². The number of thiophene rings is 1. The maximum Gasteiger partial charge on any atom is 0.323 e. The maximum absolute atomic E-state index is 12.3. The number of hydrogen-bond donors (Lipinski definition) is 0. The molecule has 114 valence electrons. The van der Waals surface area contributed by atoms with Gasteiger partial charge in [-0.05, 0) is 42.2 Å². The Morgan fingerprint density at radius 3 is 2.67 bits per heavy atom. The lowest BCUT2D eigenvalue weighted by Crippen LogP contribution is -2.46. The van der Waals surface area contributed by atoms with Gasteiger partial charge in [0.2, 0.25) is 0 Å². The molecule has 0 saturated carbocycles. The van der Waals surface area contributed by atoms with E-state index in [4.69, 9.17) is 9.47 Å². The summed E-state index contributed by atoms with van der Waals surface area (Å²) in [4.78, 5) is 25.9. The second-order valence-corrected chi connectivity index (χ2v) is 6.27. The van der Waals surface area contributed by atoms with Gasteiger partial charge in [-0.1, -0.05) is 6.08 Å². The van der Waals surface area contributed by atoms with Gasteiger partial charge >= 0.3 is 11.9 Å². The van der Waals surface area contributed by atoms with Crippen LogP contribution >= 0.6 is 11.3 Å². The molecule has 0 saturated heterocycles. The van der Waals surface area contributed by atoms with Gasteiger partial charge in [0, 0.05) is 11.3 Å². The molecule has 0 radical (unpaired) electrons. The van der Waals surface area contributed by atoms with Gasteiger partial charge in [0.15, 0.2) is 5.41 Å². The van der Waals surface area contributed by atoms with Crippen molar-refractivity contribution in [2.45, 2.75) is 31.6 Å². The van der Waals surface area contributed by atoms with E-state index in [2.05, 4.69) is 6.58 Å². The Morgan fingerprint density at radius 1 is 1.43 bits per heavy atom. The fourth-order valence-electron chi connectivity index (χ4n) is 3.10. The summed E-state index contributed by atoms with van der Waals surface area (Å²) in [7, 11) is 2.63. The average Bonchev–Trinajstić information content (AvgIpc) is 2.98. The molecule has 1 unspecified atom stereocenters. The zero-order valence-electron chi connectivity index (χ0n) is 12.4. The first-order chi connectivity index (χ1) is 10.1. The lowest BCUT2D eigenvalue weighted by atomic mass is 9.68. The van der Waals surface area contributed by atoms with E-state index < -0.39 is 17.4 Å². The summed E-state index contributed by atoms with van der Waals surface area (Å²) in [6, 6.07) is 1.99. The number of rotatable bonds is 5. The Hall–Kier alpha value is -1.62. The van der Waals surface area contributed by atoms with Crippen molar-refractivity contribution in [1.29, 1.82) is 0 Å². The van der Waals surface area contributed by atoms with Crippen molar-refractivity contribution < 1.29 is 19.1 Å². The Balaban J connectivity index is 2.42. The predicted molar refractivity (Wildman–Crippen MR) is 81.3 cm³/mol. The van der Waals surface area contributed by atoms with Crippen LogP contribution in [0.2, 0.25) is 0 Å². The summed E-state index contributed by atoms with van der Waals surface area (Å²) < 4.78 is 9.81. The average molecular weight is 308 g/mol. The van der Waals surface area contributed by atoms with Crippen molar-refractivity contribution in [2.75, 3.05) is 14.2 Å². The number of esters is 2. The van der Waals surface area contributed by atoms with Crippen LogP contribution in [0.15, 0.2) is 24.1 Å². The highest BCUT2D eigenvalue weighted by molar-refractivity contribution is 7.10. The maximum atomic E-state index is 12.3. The van der Waals surface area contributed by atoms with Crippen molar-refractivity contribution in [3.05, 3.63) is 34.5 Å². The normalized spacial score (nSPS) is 19.4. The first-order valence-corrected chi connectivity index (χ1v) is 7.81. The monoisotopic (exact) mass is 308 g/mol. The van der Waals surface area contributed by atoms with Gasteiger partial charge in [-0.2, -0.15) is 0 Å². The quantitative estimate of drug-likeness (QED) is 0.476. The van der Waals surface area contributed by atoms with Crippen LogP contribution in [0.1, 0.15) is 35.6 Å². The summed E-state index contributed by atoms with van der Waals surface area (Å²) in [5, 5.41) is 2.01. The van der Waals surface area contributed by atoms with Gasteiger partial charge in [-0.3, -0.25) is 9.59 Å². The fraction of sp³-hybridized carbons (Fsp3) is 0.500. The van der Waals surface area contributed by atoms with Gasteiger partial charge in [-0.15, -0.1) is 17.9 Å². The summed E-state index contributed by atoms with van der Waals surface area (Å²) >= 11 is 1.68. The highest BCUT2D eigenvalue weighted by atomic mass is 32.1. The summed E-state index contributed by atoms with van der Waals surface area (Å²) in [6.07, 6.45) is 4.37. The molecule has 2 rings (SSSR count). The molecule has 0 amide bonds. The Bertz CT molecular complexity index is 530. The van der Waals surface area contributed by atoms with E-state index in [9.17, 15) is 9.59 Å². The highest BCUT2D eigenvalue weighted by Gasteiger charge is 2.53. The van der Waals surface area contributed by atoms with Gasteiger partial charge in [0.1, 0.15) is 0 Å². The number of fused-ring (bicyclic) bond motifs is 1. The Kier molecular flexibility index (Phi) is 4.83. The number of carbonyl (C=O) groups is 2. The number of allylic oxidation sites excluding steroid dienone is 1. The molecule has 1 aromatic heterocycles. The number of hydrogen-bond acceptors (Lipinski definition) is 5. The molecule has 1 aromatic rings. The molecular formula is C16H20O4S. The molecule has 0 aromatic carbocycles. The number of methoxy groups -OCH3 is 2. The summed E-state index contributed by atoms with van der Waals surface area (Å²) in [6.45, 7) is 3.75. The van der Waals surface area contributed by atoms with Crippen LogP contribution in [0.4, 0.5) is 0 Å². The van der Waals surface area contributed by atoms with E-state index in [0.29, 0.717) is 12.8 Å². The van der Waals surface area contributed by atoms with E-state index in [1.54, 1.807) is 11.3 Å². The summed E-state index contributed by atoms with van der Waals surface area (Å²) in [5.74, 6) is -0.852. The molecule has 0 fully saturated rings. The van der Waals surface area contributed by atoms with Crippen LogP contribution < -0.4 is 0 Å². The van der Waals surface area contributed by atoms with Crippen LogP contribution in [-0.2, 0) is 25.5 Å². The lowest BCUT2D eigenvalue weighted by Gasteiger charge is -2.36. The molecular weight excluding hydrogens is 288 g/mol. The van der Waals surface area contributed by atoms with Crippen molar-refractivity contribution in [3.63, 3.8) is 0 Å². The van der Waals surface area contributed by atoms with Crippen LogP contribution in [0.3, 0.4) is 0 Å². The van der Waals surface area contributed by atoms with E-state index in [0.717, 1.165) is 18.4 Å². The molecule has 0 N–H and O–H groups in total. The molecule has 1 aliphatic carbocycles. The minimum atomic E-state index is -1.22. The Morgan fingerprint density at radius 2 is 2.10 bits per heavy atom. The van der Waals surface area contributed by atoms with E-state index in [1.807, 2.05) is 17.5 Å². The number of carbonyl (C=O) groups excluding carboxylic acids is 2. The third-order valence-electron chi connectivity index (χ3n) is 4.11. The minimum Gasteiger partial charge on any atom is -0.468 e. The van der Waals surface area contributed by atoms with Gasteiger partial charge in [0.25, 0.3) is 0 Å². The first kappa shape index (κ1) is 15.8. The molecule has 1 heterocycles. The molecule has 5 heteroatoms. The smallest absolute Gasteiger partial charge is 0.323 e. The molecule has 1 aliphatic rings. The third kappa shape index (κ3) is 2.75. The Labute approximate surface area is 128 Å². The second kappa shape index (κ2) is 6.43. The zero-order chi connectivity index (χ0) is 15.5. The lowest BCUT2D eigenvalue weighted by molar-refractivity contribution is -0.170. The topological polar surface area (TPSA) is 52.6 Å². The predicted octanol–water partition coefficient (Wildman–Crippen LogP) is 3.08. The van der Waals surface area contributed by atoms with Gasteiger partial charge in [-0.25, -0.2) is 0 Å². The zero-order valence-corrected chi connectivity index (χ0v) is 13.2. The molecule has 4 nitrogen and oxygen atoms in total. The van der Waals surface area contributed by atoms with Crippen molar-refractivity contribution in [3.8, 4) is 0 Å². The van der Waals surface area contributed by atoms with Crippen molar-refractivity contribution in [1.82, 2.24) is 0 Å². The van der Waals surface area contributed by atoms with Crippen LogP contribution in [0, 0.1) is 5.41 Å². The summed E-state index contributed by atoms with van der Waals surface area (Å²) in [5.41, 5.74) is -0.167. The van der Waals surface area contributed by atoms with Crippen LogP contribution in [0.5, 0.6) is 0 Å².